The molecule has 128 valence electrons. The van der Waals surface area contributed by atoms with E-state index in [0.29, 0.717) is 12.1 Å². The van der Waals surface area contributed by atoms with Crippen molar-refractivity contribution in [2.45, 2.75) is 57.0 Å². The summed E-state index contributed by atoms with van der Waals surface area (Å²) in [6.45, 7) is 0.0519. The molecule has 4 rings (SSSR count). The summed E-state index contributed by atoms with van der Waals surface area (Å²) in [6.07, 6.45) is 9.30. The summed E-state index contributed by atoms with van der Waals surface area (Å²) in [5.41, 5.74) is 1.45. The van der Waals surface area contributed by atoms with Crippen molar-refractivity contribution in [3.63, 3.8) is 0 Å². The van der Waals surface area contributed by atoms with Crippen molar-refractivity contribution in [2.75, 3.05) is 11.9 Å². The van der Waals surface area contributed by atoms with Crippen molar-refractivity contribution in [2.24, 2.45) is 0 Å². The zero-order valence-corrected chi connectivity index (χ0v) is 14.4. The number of hydrogen-bond acceptors (Lipinski definition) is 6. The van der Waals surface area contributed by atoms with Gasteiger partial charge in [-0.05, 0) is 50.5 Å². The van der Waals surface area contributed by atoms with Crippen molar-refractivity contribution in [3.8, 4) is 0 Å². The third-order valence-corrected chi connectivity index (χ3v) is 6.31. The van der Waals surface area contributed by atoms with Crippen LogP contribution in [-0.4, -0.2) is 39.7 Å². The number of thiophene rings is 1. The molecule has 0 aromatic carbocycles. The van der Waals surface area contributed by atoms with Gasteiger partial charge in [0.2, 0.25) is 0 Å². The highest BCUT2D eigenvalue weighted by Crippen LogP contribution is 2.39. The molecule has 0 saturated heterocycles. The number of anilines is 1. The highest BCUT2D eigenvalue weighted by atomic mass is 32.1. The largest absolute Gasteiger partial charge is 0.480 e. The fourth-order valence-electron chi connectivity index (χ4n) is 3.90. The van der Waals surface area contributed by atoms with Crippen LogP contribution in [0.3, 0.4) is 0 Å². The van der Waals surface area contributed by atoms with Gasteiger partial charge in [0.15, 0.2) is 0 Å². The Morgan fingerprint density at radius 3 is 2.79 bits per heavy atom. The van der Waals surface area contributed by atoms with Gasteiger partial charge in [0.25, 0.3) is 0 Å². The smallest absolute Gasteiger partial charge is 0.317 e. The van der Waals surface area contributed by atoms with E-state index in [0.717, 1.165) is 42.8 Å². The lowest BCUT2D eigenvalue weighted by Gasteiger charge is -2.29. The highest BCUT2D eigenvalue weighted by Gasteiger charge is 2.25. The fourth-order valence-corrected chi connectivity index (χ4v) is 5.13. The van der Waals surface area contributed by atoms with Gasteiger partial charge in [-0.1, -0.05) is 0 Å². The van der Waals surface area contributed by atoms with Gasteiger partial charge in [0.05, 0.1) is 11.9 Å². The lowest BCUT2D eigenvalue weighted by molar-refractivity contribution is -0.136. The molecule has 0 radical (unpaired) electrons. The second-order valence-corrected chi connectivity index (χ2v) is 7.81. The summed E-state index contributed by atoms with van der Waals surface area (Å²) in [5, 5.41) is 16.7. The van der Waals surface area contributed by atoms with Crippen molar-refractivity contribution in [1.82, 2.24) is 15.3 Å². The van der Waals surface area contributed by atoms with E-state index in [1.807, 2.05) is 11.3 Å². The second kappa shape index (κ2) is 6.64. The zero-order valence-electron chi connectivity index (χ0n) is 13.5. The van der Waals surface area contributed by atoms with E-state index < -0.39 is 5.97 Å². The Bertz CT molecular complexity index is 752. The van der Waals surface area contributed by atoms with Gasteiger partial charge in [-0.15, -0.1) is 11.3 Å². The standard InChI is InChI=1S/C17H22N4O2S/c22-14(23)8-18-10-4-6-11(7-5-10)21-16-15-12-2-1-3-13(12)24-17(15)20-9-19-16/h9-11,18H,1-8H2,(H,22,23)(H,19,20,21). The van der Waals surface area contributed by atoms with Crippen molar-refractivity contribution in [1.29, 1.82) is 0 Å². The van der Waals surface area contributed by atoms with E-state index in [1.54, 1.807) is 6.33 Å². The normalized spacial score (nSPS) is 23.3. The number of aromatic nitrogens is 2. The first-order valence-corrected chi connectivity index (χ1v) is 9.49. The van der Waals surface area contributed by atoms with Gasteiger partial charge in [0.1, 0.15) is 17.0 Å². The van der Waals surface area contributed by atoms with Crippen LogP contribution in [0.15, 0.2) is 6.33 Å². The Hall–Kier alpha value is -1.73. The molecule has 24 heavy (non-hydrogen) atoms. The van der Waals surface area contributed by atoms with Gasteiger partial charge in [0, 0.05) is 17.0 Å². The van der Waals surface area contributed by atoms with Crippen molar-refractivity contribution < 1.29 is 9.90 Å². The minimum Gasteiger partial charge on any atom is -0.480 e. The van der Waals surface area contributed by atoms with E-state index in [2.05, 4.69) is 20.6 Å². The third kappa shape index (κ3) is 3.10. The van der Waals surface area contributed by atoms with Crippen LogP contribution in [0, 0.1) is 0 Å². The predicted molar refractivity (Wildman–Crippen MR) is 94.7 cm³/mol. The third-order valence-electron chi connectivity index (χ3n) is 5.11. The number of aliphatic carboxylic acids is 1. The Morgan fingerprint density at radius 1 is 1.21 bits per heavy atom. The molecule has 0 amide bonds. The number of hydrogen-bond donors (Lipinski definition) is 3. The molecule has 2 aromatic heterocycles. The van der Waals surface area contributed by atoms with Gasteiger partial charge in [-0.25, -0.2) is 9.97 Å². The van der Waals surface area contributed by atoms with Crippen LogP contribution in [0.4, 0.5) is 5.82 Å². The summed E-state index contributed by atoms with van der Waals surface area (Å²) >= 11 is 1.82. The minimum absolute atomic E-state index is 0.0519. The van der Waals surface area contributed by atoms with E-state index in [4.69, 9.17) is 5.11 Å². The maximum absolute atomic E-state index is 10.7. The molecule has 1 fully saturated rings. The molecule has 3 N–H and O–H groups in total. The molecule has 0 unspecified atom stereocenters. The summed E-state index contributed by atoms with van der Waals surface area (Å²) in [4.78, 5) is 22.2. The lowest BCUT2D eigenvalue weighted by atomic mass is 9.91. The maximum Gasteiger partial charge on any atom is 0.317 e. The van der Waals surface area contributed by atoms with Crippen LogP contribution in [-0.2, 0) is 17.6 Å². The van der Waals surface area contributed by atoms with E-state index in [9.17, 15) is 4.79 Å². The Labute approximate surface area is 144 Å². The number of nitrogens with one attached hydrogen (secondary N) is 2. The van der Waals surface area contributed by atoms with Crippen LogP contribution >= 0.6 is 11.3 Å². The highest BCUT2D eigenvalue weighted by molar-refractivity contribution is 7.19. The first-order chi connectivity index (χ1) is 11.7. The number of rotatable bonds is 5. The molecular formula is C17H22N4O2S. The van der Waals surface area contributed by atoms with E-state index >= 15 is 0 Å². The summed E-state index contributed by atoms with van der Waals surface area (Å²) in [6, 6.07) is 0.720. The molecule has 2 aliphatic rings. The van der Waals surface area contributed by atoms with Gasteiger partial charge in [-0.2, -0.15) is 0 Å². The molecule has 2 heterocycles. The van der Waals surface area contributed by atoms with Gasteiger partial charge in [-0.3, -0.25) is 4.79 Å². The zero-order chi connectivity index (χ0) is 16.5. The number of carboxylic acids is 1. The van der Waals surface area contributed by atoms with Crippen LogP contribution in [0.25, 0.3) is 10.2 Å². The van der Waals surface area contributed by atoms with E-state index in [1.165, 1.54) is 28.7 Å². The van der Waals surface area contributed by atoms with Gasteiger partial charge < -0.3 is 15.7 Å². The number of carbonyl (C=O) groups is 1. The molecule has 0 atom stereocenters. The first kappa shape index (κ1) is 15.8. The van der Waals surface area contributed by atoms with Crippen LogP contribution < -0.4 is 10.6 Å². The van der Waals surface area contributed by atoms with Crippen LogP contribution in [0.2, 0.25) is 0 Å². The molecular weight excluding hydrogens is 324 g/mol. The summed E-state index contributed by atoms with van der Waals surface area (Å²) in [7, 11) is 0. The molecule has 2 aromatic rings. The number of aryl methyl sites for hydroxylation is 2. The second-order valence-electron chi connectivity index (χ2n) is 6.73. The van der Waals surface area contributed by atoms with E-state index in [-0.39, 0.29) is 6.54 Å². The van der Waals surface area contributed by atoms with Gasteiger partial charge >= 0.3 is 5.97 Å². The summed E-state index contributed by atoms with van der Waals surface area (Å²) < 4.78 is 0. The summed E-state index contributed by atoms with van der Waals surface area (Å²) in [5.74, 6) is 0.200. The first-order valence-electron chi connectivity index (χ1n) is 8.67. The predicted octanol–water partition coefficient (Wildman–Crippen LogP) is 2.58. The molecule has 0 spiro atoms. The molecule has 0 aliphatic heterocycles. The molecule has 1 saturated carbocycles. The Morgan fingerprint density at radius 2 is 2.00 bits per heavy atom. The topological polar surface area (TPSA) is 87.1 Å². The number of fused-ring (bicyclic) bond motifs is 3. The maximum atomic E-state index is 10.7. The Kier molecular flexibility index (Phi) is 4.37. The average Bonchev–Trinajstić information content (AvgIpc) is 3.15. The molecule has 6 nitrogen and oxygen atoms in total. The Balaban J connectivity index is 1.43. The fraction of sp³-hybridized carbons (Fsp3) is 0.588. The number of nitrogens with zero attached hydrogens (tertiary/aromatic N) is 2. The monoisotopic (exact) mass is 346 g/mol. The van der Waals surface area contributed by atoms with Crippen molar-refractivity contribution in [3.05, 3.63) is 16.8 Å². The lowest BCUT2D eigenvalue weighted by Crippen LogP contribution is -2.39. The SMILES string of the molecule is O=C(O)CNC1CCC(Nc2ncnc3sc4c(c23)CCC4)CC1. The average molecular weight is 346 g/mol. The molecule has 7 heteroatoms. The molecule has 0 bridgehead atoms. The van der Waals surface area contributed by atoms with Crippen molar-refractivity contribution >= 4 is 33.3 Å². The number of carboxylic acid groups (broad SMARTS) is 1. The quantitative estimate of drug-likeness (QED) is 0.771. The van der Waals surface area contributed by atoms with Crippen LogP contribution in [0.1, 0.15) is 42.5 Å². The minimum atomic E-state index is -0.787. The molecule has 2 aliphatic carbocycles. The van der Waals surface area contributed by atoms with Crippen LogP contribution in [0.5, 0.6) is 0 Å².